The lowest BCUT2D eigenvalue weighted by molar-refractivity contribution is -0.133. The zero-order chi connectivity index (χ0) is 14.2. The van der Waals surface area contributed by atoms with Crippen molar-refractivity contribution >= 4 is 5.91 Å². The molecule has 0 aromatic heterocycles. The summed E-state index contributed by atoms with van der Waals surface area (Å²) in [6.07, 6.45) is 0.987. The molecule has 1 N–H and O–H groups in total. The number of rotatable bonds is 5. The SMILES string of the molecule is CCOc1ccccc1OCC(=O)N1CCCNCC1. The van der Waals surface area contributed by atoms with E-state index in [9.17, 15) is 4.79 Å². The quantitative estimate of drug-likeness (QED) is 0.881. The molecule has 0 radical (unpaired) electrons. The first-order valence-electron chi connectivity index (χ1n) is 7.14. The molecule has 0 unspecified atom stereocenters. The zero-order valence-corrected chi connectivity index (χ0v) is 11.9. The van der Waals surface area contributed by atoms with Gasteiger partial charge in [0.15, 0.2) is 18.1 Å². The van der Waals surface area contributed by atoms with E-state index in [2.05, 4.69) is 5.32 Å². The molecule has 1 amide bonds. The number of nitrogens with one attached hydrogen (secondary N) is 1. The van der Waals surface area contributed by atoms with E-state index in [4.69, 9.17) is 9.47 Å². The van der Waals surface area contributed by atoms with Crippen molar-refractivity contribution in [3.63, 3.8) is 0 Å². The van der Waals surface area contributed by atoms with Crippen LogP contribution in [-0.4, -0.2) is 50.2 Å². The molecule has 1 fully saturated rings. The number of nitrogens with zero attached hydrogens (tertiary/aromatic N) is 1. The molecule has 1 heterocycles. The van der Waals surface area contributed by atoms with Crippen LogP contribution < -0.4 is 14.8 Å². The molecule has 110 valence electrons. The molecule has 1 aromatic carbocycles. The zero-order valence-electron chi connectivity index (χ0n) is 11.9. The van der Waals surface area contributed by atoms with Gasteiger partial charge in [0.1, 0.15) is 0 Å². The Kier molecular flexibility index (Phi) is 5.68. The second-order valence-corrected chi connectivity index (χ2v) is 4.65. The largest absolute Gasteiger partial charge is 0.490 e. The molecule has 0 bridgehead atoms. The van der Waals surface area contributed by atoms with Crippen LogP contribution in [0.3, 0.4) is 0 Å². The number of carbonyl (C=O) groups is 1. The van der Waals surface area contributed by atoms with Gasteiger partial charge in [0, 0.05) is 19.6 Å². The van der Waals surface area contributed by atoms with Gasteiger partial charge in [-0.25, -0.2) is 0 Å². The summed E-state index contributed by atoms with van der Waals surface area (Å²) in [4.78, 5) is 14.0. The number of amides is 1. The second-order valence-electron chi connectivity index (χ2n) is 4.65. The molecule has 1 saturated heterocycles. The van der Waals surface area contributed by atoms with Crippen molar-refractivity contribution in [1.29, 1.82) is 0 Å². The van der Waals surface area contributed by atoms with Gasteiger partial charge in [-0.05, 0) is 32.0 Å². The molecule has 2 rings (SSSR count). The fourth-order valence-electron chi connectivity index (χ4n) is 2.17. The summed E-state index contributed by atoms with van der Waals surface area (Å²) in [5, 5.41) is 3.28. The maximum Gasteiger partial charge on any atom is 0.260 e. The second kappa shape index (κ2) is 7.75. The van der Waals surface area contributed by atoms with E-state index >= 15 is 0 Å². The van der Waals surface area contributed by atoms with Crippen LogP contribution in [0, 0.1) is 0 Å². The highest BCUT2D eigenvalue weighted by atomic mass is 16.5. The highest BCUT2D eigenvalue weighted by molar-refractivity contribution is 5.77. The van der Waals surface area contributed by atoms with Gasteiger partial charge in [-0.2, -0.15) is 0 Å². The van der Waals surface area contributed by atoms with Crippen molar-refractivity contribution in [3.05, 3.63) is 24.3 Å². The minimum absolute atomic E-state index is 0.0278. The molecule has 0 saturated carbocycles. The Hall–Kier alpha value is -1.75. The highest BCUT2D eigenvalue weighted by Crippen LogP contribution is 2.26. The van der Waals surface area contributed by atoms with Crippen LogP contribution >= 0.6 is 0 Å². The smallest absolute Gasteiger partial charge is 0.260 e. The summed E-state index contributed by atoms with van der Waals surface area (Å²) in [5.74, 6) is 1.33. The van der Waals surface area contributed by atoms with Crippen LogP contribution in [0.4, 0.5) is 0 Å². The number of carbonyl (C=O) groups excluding carboxylic acids is 1. The highest BCUT2D eigenvalue weighted by Gasteiger charge is 2.16. The summed E-state index contributed by atoms with van der Waals surface area (Å²) in [6, 6.07) is 7.43. The molecule has 0 aliphatic carbocycles. The number of benzene rings is 1. The molecule has 5 nitrogen and oxygen atoms in total. The number of para-hydroxylation sites is 2. The first-order chi connectivity index (χ1) is 9.81. The van der Waals surface area contributed by atoms with Crippen LogP contribution in [0.1, 0.15) is 13.3 Å². The van der Waals surface area contributed by atoms with Crippen molar-refractivity contribution < 1.29 is 14.3 Å². The molecule has 20 heavy (non-hydrogen) atoms. The Morgan fingerprint density at radius 2 is 1.95 bits per heavy atom. The number of hydrogen-bond acceptors (Lipinski definition) is 4. The van der Waals surface area contributed by atoms with E-state index in [-0.39, 0.29) is 12.5 Å². The lowest BCUT2D eigenvalue weighted by Gasteiger charge is -2.20. The van der Waals surface area contributed by atoms with Gasteiger partial charge in [0.2, 0.25) is 0 Å². The normalized spacial score (nSPS) is 15.6. The molecule has 1 aliphatic heterocycles. The lowest BCUT2D eigenvalue weighted by atomic mass is 10.3. The fraction of sp³-hybridized carbons (Fsp3) is 0.533. The molecule has 0 spiro atoms. The van der Waals surface area contributed by atoms with Crippen molar-refractivity contribution in [2.24, 2.45) is 0 Å². The predicted octanol–water partition coefficient (Wildman–Crippen LogP) is 1.29. The third-order valence-corrected chi connectivity index (χ3v) is 3.19. The first kappa shape index (κ1) is 14.7. The first-order valence-corrected chi connectivity index (χ1v) is 7.14. The fourth-order valence-corrected chi connectivity index (χ4v) is 2.17. The Balaban J connectivity index is 1.89. The van der Waals surface area contributed by atoms with Crippen LogP contribution in [-0.2, 0) is 4.79 Å². The van der Waals surface area contributed by atoms with Crippen molar-refractivity contribution in [1.82, 2.24) is 10.2 Å². The van der Waals surface area contributed by atoms with Gasteiger partial charge in [-0.15, -0.1) is 0 Å². The summed E-state index contributed by atoms with van der Waals surface area (Å²) >= 11 is 0. The van der Waals surface area contributed by atoms with E-state index < -0.39 is 0 Å². The maximum atomic E-state index is 12.1. The summed E-state index contributed by atoms with van der Waals surface area (Å²) in [6.45, 7) is 5.92. The van der Waals surface area contributed by atoms with Gasteiger partial charge >= 0.3 is 0 Å². The summed E-state index contributed by atoms with van der Waals surface area (Å²) < 4.78 is 11.1. The minimum Gasteiger partial charge on any atom is -0.490 e. The third kappa shape index (κ3) is 4.13. The average molecular weight is 278 g/mol. The minimum atomic E-state index is 0.0278. The monoisotopic (exact) mass is 278 g/mol. The molecule has 5 heteroatoms. The number of hydrogen-bond donors (Lipinski definition) is 1. The van der Waals surface area contributed by atoms with Crippen LogP contribution in [0.15, 0.2) is 24.3 Å². The van der Waals surface area contributed by atoms with Gasteiger partial charge in [-0.1, -0.05) is 12.1 Å². The molecule has 1 aromatic rings. The van der Waals surface area contributed by atoms with Crippen LogP contribution in [0.5, 0.6) is 11.5 Å². The summed E-state index contributed by atoms with van der Waals surface area (Å²) in [7, 11) is 0. The van der Waals surface area contributed by atoms with E-state index in [1.165, 1.54) is 0 Å². The van der Waals surface area contributed by atoms with E-state index in [1.54, 1.807) is 0 Å². The van der Waals surface area contributed by atoms with Gasteiger partial charge in [0.05, 0.1) is 6.61 Å². The van der Waals surface area contributed by atoms with Crippen molar-refractivity contribution in [2.75, 3.05) is 39.4 Å². The van der Waals surface area contributed by atoms with E-state index in [0.717, 1.165) is 32.6 Å². The number of ether oxygens (including phenoxy) is 2. The Morgan fingerprint density at radius 1 is 1.20 bits per heavy atom. The Morgan fingerprint density at radius 3 is 2.70 bits per heavy atom. The Bertz CT molecular complexity index is 429. The molecular formula is C15H22N2O3. The maximum absolute atomic E-state index is 12.1. The topological polar surface area (TPSA) is 50.8 Å². The van der Waals surface area contributed by atoms with E-state index in [1.807, 2.05) is 36.1 Å². The van der Waals surface area contributed by atoms with E-state index in [0.29, 0.717) is 18.1 Å². The molecule has 0 atom stereocenters. The third-order valence-electron chi connectivity index (χ3n) is 3.19. The lowest BCUT2D eigenvalue weighted by Crippen LogP contribution is -2.37. The average Bonchev–Trinajstić information content (AvgIpc) is 2.75. The van der Waals surface area contributed by atoms with Crippen molar-refractivity contribution in [3.8, 4) is 11.5 Å². The molecular weight excluding hydrogens is 256 g/mol. The summed E-state index contributed by atoms with van der Waals surface area (Å²) in [5.41, 5.74) is 0. The molecule has 1 aliphatic rings. The van der Waals surface area contributed by atoms with Gasteiger partial charge in [0.25, 0.3) is 5.91 Å². The van der Waals surface area contributed by atoms with Crippen LogP contribution in [0.25, 0.3) is 0 Å². The predicted molar refractivity (Wildman–Crippen MR) is 77.2 cm³/mol. The van der Waals surface area contributed by atoms with Crippen molar-refractivity contribution in [2.45, 2.75) is 13.3 Å². The van der Waals surface area contributed by atoms with Gasteiger partial charge in [-0.3, -0.25) is 4.79 Å². The Labute approximate surface area is 119 Å². The van der Waals surface area contributed by atoms with Gasteiger partial charge < -0.3 is 19.7 Å². The van der Waals surface area contributed by atoms with Crippen LogP contribution in [0.2, 0.25) is 0 Å². The standard InChI is InChI=1S/C15H22N2O3/c1-2-19-13-6-3-4-7-14(13)20-12-15(18)17-10-5-8-16-9-11-17/h3-4,6-7,16H,2,5,8-12H2,1H3.